The summed E-state index contributed by atoms with van der Waals surface area (Å²) in [6.07, 6.45) is 0.382. The van der Waals surface area contributed by atoms with Crippen molar-refractivity contribution in [3.8, 4) is 11.5 Å². The zero-order valence-corrected chi connectivity index (χ0v) is 18.6. The van der Waals surface area contributed by atoms with Gasteiger partial charge in [-0.05, 0) is 32.0 Å². The topological polar surface area (TPSA) is 99.9 Å². The molecular weight excluding hydrogens is 450 g/mol. The van der Waals surface area contributed by atoms with Gasteiger partial charge in [0.15, 0.2) is 0 Å². The van der Waals surface area contributed by atoms with E-state index in [9.17, 15) is 23.7 Å². The van der Waals surface area contributed by atoms with Crippen LogP contribution in [0.4, 0.5) is 8.78 Å². The Bertz CT molecular complexity index is 1100. The minimum Gasteiger partial charge on any atom is -0.493 e. The van der Waals surface area contributed by atoms with Crippen molar-refractivity contribution in [3.05, 3.63) is 92.9 Å². The minimum absolute atomic E-state index is 0.000835. The van der Waals surface area contributed by atoms with Gasteiger partial charge < -0.3 is 19.5 Å². The molecule has 0 saturated heterocycles. The third-order valence-electron chi connectivity index (χ3n) is 5.12. The van der Waals surface area contributed by atoms with Crippen LogP contribution < -0.4 is 14.8 Å². The highest BCUT2D eigenvalue weighted by atomic mass is 19.3. The molecule has 3 rings (SSSR count). The summed E-state index contributed by atoms with van der Waals surface area (Å²) >= 11 is 0. The lowest BCUT2D eigenvalue weighted by atomic mass is 9.83. The van der Waals surface area contributed by atoms with Crippen LogP contribution >= 0.6 is 0 Å². The Morgan fingerprint density at radius 1 is 1.06 bits per heavy atom. The number of rotatable bonds is 10. The maximum Gasteiger partial charge on any atom is 0.387 e. The number of halogens is 2. The highest BCUT2D eigenvalue weighted by Crippen LogP contribution is 2.42. The van der Waals surface area contributed by atoms with Crippen LogP contribution in [0.2, 0.25) is 0 Å². The third-order valence-corrected chi connectivity index (χ3v) is 5.12. The molecule has 0 radical (unpaired) electrons. The number of benzene rings is 2. The van der Waals surface area contributed by atoms with Crippen molar-refractivity contribution < 1.29 is 32.7 Å². The average Bonchev–Trinajstić information content (AvgIpc) is 2.78. The number of para-hydroxylation sites is 2. The summed E-state index contributed by atoms with van der Waals surface area (Å²) in [6, 6.07) is 14.8. The Morgan fingerprint density at radius 2 is 1.74 bits per heavy atom. The lowest BCUT2D eigenvalue weighted by Gasteiger charge is -2.27. The van der Waals surface area contributed by atoms with Crippen molar-refractivity contribution in [2.75, 3.05) is 13.2 Å². The summed E-state index contributed by atoms with van der Waals surface area (Å²) in [4.78, 5) is 24.3. The quantitative estimate of drug-likeness (QED) is 0.229. The van der Waals surface area contributed by atoms with Gasteiger partial charge in [-0.25, -0.2) is 4.79 Å². The van der Waals surface area contributed by atoms with Gasteiger partial charge in [-0.3, -0.25) is 10.1 Å². The molecule has 1 aliphatic heterocycles. The van der Waals surface area contributed by atoms with Crippen LogP contribution in [0.25, 0.3) is 0 Å². The first-order chi connectivity index (χ1) is 16.3. The normalized spacial score (nSPS) is 15.7. The van der Waals surface area contributed by atoms with E-state index in [0.29, 0.717) is 24.5 Å². The Hall–Kier alpha value is -3.95. The Morgan fingerprint density at radius 3 is 2.41 bits per heavy atom. The van der Waals surface area contributed by atoms with Crippen LogP contribution in [-0.4, -0.2) is 30.7 Å². The summed E-state index contributed by atoms with van der Waals surface area (Å²) in [5.41, 5.74) is 0.175. The molecule has 0 fully saturated rings. The van der Waals surface area contributed by atoms with Gasteiger partial charge in [-0.1, -0.05) is 36.4 Å². The summed E-state index contributed by atoms with van der Waals surface area (Å²) in [6.45, 7) is 0.201. The highest BCUT2D eigenvalue weighted by Gasteiger charge is 2.42. The van der Waals surface area contributed by atoms with Crippen molar-refractivity contribution in [2.24, 2.45) is 0 Å². The summed E-state index contributed by atoms with van der Waals surface area (Å²) < 4.78 is 41.5. The zero-order chi connectivity index (χ0) is 24.7. The molecule has 0 aliphatic carbocycles. The Balaban J connectivity index is 1.82. The van der Waals surface area contributed by atoms with Crippen LogP contribution in [0.1, 0.15) is 31.7 Å². The largest absolute Gasteiger partial charge is 0.493 e. The molecule has 0 bridgehead atoms. The van der Waals surface area contributed by atoms with E-state index < -0.39 is 23.4 Å². The van der Waals surface area contributed by atoms with E-state index in [1.54, 1.807) is 19.1 Å². The van der Waals surface area contributed by atoms with Crippen LogP contribution in [0.15, 0.2) is 77.3 Å². The number of esters is 1. The van der Waals surface area contributed by atoms with Crippen molar-refractivity contribution in [1.29, 1.82) is 0 Å². The smallest absolute Gasteiger partial charge is 0.387 e. The molecular formula is C24H24F2N2O6. The fourth-order valence-corrected chi connectivity index (χ4v) is 3.73. The zero-order valence-electron chi connectivity index (χ0n) is 18.6. The fourth-order valence-electron chi connectivity index (χ4n) is 3.73. The van der Waals surface area contributed by atoms with E-state index in [-0.39, 0.29) is 34.9 Å². The molecule has 2 aromatic rings. The lowest BCUT2D eigenvalue weighted by molar-refractivity contribution is -0.431. The molecule has 10 heteroatoms. The number of nitrogens with one attached hydrogen (secondary N) is 1. The number of carbonyl (C=O) groups excluding carboxylic acids is 1. The second-order valence-electron chi connectivity index (χ2n) is 7.43. The van der Waals surface area contributed by atoms with Crippen LogP contribution in [0.3, 0.4) is 0 Å². The predicted molar refractivity (Wildman–Crippen MR) is 119 cm³/mol. The van der Waals surface area contributed by atoms with Gasteiger partial charge in [-0.15, -0.1) is 0 Å². The number of carbonyl (C=O) groups is 1. The Kier molecular flexibility index (Phi) is 8.18. The van der Waals surface area contributed by atoms with Gasteiger partial charge in [0.1, 0.15) is 17.4 Å². The fraction of sp³-hybridized carbons (Fsp3) is 0.292. The highest BCUT2D eigenvalue weighted by molar-refractivity contribution is 5.92. The first kappa shape index (κ1) is 24.7. The molecule has 0 spiro atoms. The molecule has 0 saturated carbocycles. The van der Waals surface area contributed by atoms with Gasteiger partial charge in [0.05, 0.1) is 29.4 Å². The number of allylic oxidation sites excluding steroid dienone is 3. The number of ether oxygens (including phenoxy) is 3. The van der Waals surface area contributed by atoms with Crippen LogP contribution in [0.5, 0.6) is 11.5 Å². The van der Waals surface area contributed by atoms with Crippen LogP contribution in [-0.2, 0) is 9.53 Å². The van der Waals surface area contributed by atoms with E-state index in [2.05, 4.69) is 10.1 Å². The molecule has 0 amide bonds. The number of alkyl halides is 2. The third kappa shape index (κ3) is 5.89. The van der Waals surface area contributed by atoms with Gasteiger partial charge in [-0.2, -0.15) is 8.78 Å². The molecule has 34 heavy (non-hydrogen) atoms. The van der Waals surface area contributed by atoms with Crippen molar-refractivity contribution in [1.82, 2.24) is 5.32 Å². The number of hydrogen-bond acceptors (Lipinski definition) is 7. The molecule has 1 heterocycles. The van der Waals surface area contributed by atoms with E-state index in [1.807, 2.05) is 18.2 Å². The van der Waals surface area contributed by atoms with Crippen molar-refractivity contribution >= 4 is 5.97 Å². The van der Waals surface area contributed by atoms with E-state index >= 15 is 0 Å². The van der Waals surface area contributed by atoms with Gasteiger partial charge >= 0.3 is 12.6 Å². The Labute approximate surface area is 195 Å². The molecule has 2 aromatic carbocycles. The second kappa shape index (κ2) is 11.3. The molecule has 0 aromatic heterocycles. The summed E-state index contributed by atoms with van der Waals surface area (Å²) in [5, 5.41) is 14.7. The molecule has 1 N–H and O–H groups in total. The number of dihydropyridines is 1. The number of nitro groups is 1. The molecule has 1 unspecified atom stereocenters. The molecule has 1 aliphatic rings. The summed E-state index contributed by atoms with van der Waals surface area (Å²) in [5.74, 6) is -1.64. The van der Waals surface area contributed by atoms with E-state index in [4.69, 9.17) is 9.47 Å². The van der Waals surface area contributed by atoms with Gasteiger partial charge in [0, 0.05) is 17.7 Å². The molecule has 8 nitrogen and oxygen atoms in total. The van der Waals surface area contributed by atoms with Gasteiger partial charge in [0.25, 0.3) is 5.70 Å². The van der Waals surface area contributed by atoms with Crippen molar-refractivity contribution in [2.45, 2.75) is 32.8 Å². The molecule has 180 valence electrons. The lowest BCUT2D eigenvalue weighted by Crippen LogP contribution is -2.32. The maximum atomic E-state index is 13.0. The standard InChI is InChI=1S/C24H24F2N2O6/c1-15-20(23(29)33-14-8-13-32-17-9-4-3-5-10-17)21(22(28(30)31)16(2)27-15)18-11-6-7-12-19(18)34-24(25)26/h3-7,9-12,21,24,27H,8,13-14H2,1-2H3. The SMILES string of the molecule is CC1=C(C(=O)OCCCOc2ccccc2)C(c2ccccc2OC(F)F)C([N+](=O)[O-])=C(C)N1. The predicted octanol–water partition coefficient (Wildman–Crippen LogP) is 4.77. The number of hydrogen-bond donors (Lipinski definition) is 1. The maximum absolute atomic E-state index is 13.0. The van der Waals surface area contributed by atoms with Gasteiger partial charge in [0.2, 0.25) is 0 Å². The second-order valence-corrected chi connectivity index (χ2v) is 7.43. The number of nitrogens with zero attached hydrogens (tertiary/aromatic N) is 1. The van der Waals surface area contributed by atoms with Crippen LogP contribution in [0, 0.1) is 10.1 Å². The minimum atomic E-state index is -3.14. The van der Waals surface area contributed by atoms with E-state index in [1.165, 1.54) is 31.2 Å². The van der Waals surface area contributed by atoms with E-state index in [0.717, 1.165) is 0 Å². The first-order valence-corrected chi connectivity index (χ1v) is 10.5. The average molecular weight is 474 g/mol. The monoisotopic (exact) mass is 474 g/mol. The molecule has 1 atom stereocenters. The summed E-state index contributed by atoms with van der Waals surface area (Å²) in [7, 11) is 0. The first-order valence-electron chi connectivity index (χ1n) is 10.5. The van der Waals surface area contributed by atoms with Crippen molar-refractivity contribution in [3.63, 3.8) is 0 Å².